The van der Waals surface area contributed by atoms with Gasteiger partial charge in [0.05, 0.1) is 6.54 Å². The van der Waals surface area contributed by atoms with E-state index in [2.05, 4.69) is 25.8 Å². The summed E-state index contributed by atoms with van der Waals surface area (Å²) in [4.78, 5) is 17.9. The summed E-state index contributed by atoms with van der Waals surface area (Å²) < 4.78 is 7.23. The van der Waals surface area contributed by atoms with Crippen LogP contribution in [0.2, 0.25) is 0 Å². The van der Waals surface area contributed by atoms with Crippen molar-refractivity contribution < 1.29 is 9.53 Å². The highest BCUT2D eigenvalue weighted by atomic mass is 127. The van der Waals surface area contributed by atoms with Crippen LogP contribution in [0.4, 0.5) is 4.79 Å². The van der Waals surface area contributed by atoms with Crippen LogP contribution in [0.3, 0.4) is 0 Å². The zero-order chi connectivity index (χ0) is 21.4. The maximum Gasteiger partial charge on any atom is 0.410 e. The van der Waals surface area contributed by atoms with Crippen LogP contribution in [0.15, 0.2) is 35.6 Å². The fraction of sp³-hybridized carbons (Fsp3) is 0.500. The van der Waals surface area contributed by atoms with Crippen LogP contribution in [-0.2, 0) is 31.4 Å². The van der Waals surface area contributed by atoms with E-state index in [-0.39, 0.29) is 30.1 Å². The summed E-state index contributed by atoms with van der Waals surface area (Å²) in [5.41, 5.74) is 1.64. The standard InChI is InChI=1S/C20H31N7O2.HI/c1-20(2,3)29-19(28)26(5)13-16-9-7-15(8-10-16)11-22-18(21-4)23-12-17-25-24-14-27(17)6;/h7-10,14H,11-13H2,1-6H3,(H2,21,22,23);1H. The van der Waals surface area contributed by atoms with Crippen LogP contribution in [0.1, 0.15) is 37.7 Å². The second kappa shape index (κ2) is 11.7. The minimum absolute atomic E-state index is 0. The molecule has 0 bridgehead atoms. The van der Waals surface area contributed by atoms with E-state index >= 15 is 0 Å². The first-order valence-corrected chi connectivity index (χ1v) is 9.47. The van der Waals surface area contributed by atoms with E-state index in [9.17, 15) is 4.79 Å². The number of hydrogen-bond acceptors (Lipinski definition) is 5. The Hall–Kier alpha value is -2.37. The molecule has 0 saturated heterocycles. The van der Waals surface area contributed by atoms with Gasteiger partial charge in [-0.05, 0) is 31.9 Å². The molecular formula is C20H32IN7O2. The molecular weight excluding hydrogens is 497 g/mol. The van der Waals surface area contributed by atoms with Crippen molar-refractivity contribution in [1.82, 2.24) is 30.3 Å². The van der Waals surface area contributed by atoms with Crippen LogP contribution in [0, 0.1) is 0 Å². The van der Waals surface area contributed by atoms with E-state index in [1.54, 1.807) is 25.3 Å². The number of rotatable bonds is 6. The van der Waals surface area contributed by atoms with Crippen LogP contribution in [0.25, 0.3) is 0 Å². The third-order valence-electron chi connectivity index (χ3n) is 4.05. The van der Waals surface area contributed by atoms with Gasteiger partial charge in [0, 0.05) is 34.2 Å². The number of carbonyl (C=O) groups excluding carboxylic acids is 1. The Morgan fingerprint density at radius 2 is 1.77 bits per heavy atom. The van der Waals surface area contributed by atoms with E-state index in [0.717, 1.165) is 17.0 Å². The van der Waals surface area contributed by atoms with E-state index in [1.807, 2.05) is 56.7 Å². The highest BCUT2D eigenvalue weighted by Crippen LogP contribution is 2.12. The SMILES string of the molecule is CN=C(NCc1ccc(CN(C)C(=O)OC(C)(C)C)cc1)NCc1nncn1C.I. The Balaban J connectivity index is 0.00000450. The number of nitrogens with one attached hydrogen (secondary N) is 2. The molecule has 1 amide bonds. The molecule has 9 nitrogen and oxygen atoms in total. The molecule has 2 aromatic rings. The van der Waals surface area contributed by atoms with Gasteiger partial charge in [-0.15, -0.1) is 34.2 Å². The lowest BCUT2D eigenvalue weighted by Gasteiger charge is -2.24. The lowest BCUT2D eigenvalue weighted by molar-refractivity contribution is 0.0285. The summed E-state index contributed by atoms with van der Waals surface area (Å²) in [5, 5.41) is 14.4. The number of guanidine groups is 1. The summed E-state index contributed by atoms with van der Waals surface area (Å²) in [5.74, 6) is 1.51. The van der Waals surface area contributed by atoms with Gasteiger partial charge in [0.2, 0.25) is 0 Å². The number of nitrogens with zero attached hydrogens (tertiary/aromatic N) is 5. The summed E-state index contributed by atoms with van der Waals surface area (Å²) in [6, 6.07) is 8.07. The van der Waals surface area contributed by atoms with Gasteiger partial charge in [0.1, 0.15) is 11.9 Å². The number of amides is 1. The minimum atomic E-state index is -0.500. The van der Waals surface area contributed by atoms with Crippen molar-refractivity contribution in [2.75, 3.05) is 14.1 Å². The first-order chi connectivity index (χ1) is 13.7. The number of hydrogen-bond donors (Lipinski definition) is 2. The van der Waals surface area contributed by atoms with Gasteiger partial charge in [-0.3, -0.25) is 4.99 Å². The van der Waals surface area contributed by atoms with Gasteiger partial charge >= 0.3 is 6.09 Å². The zero-order valence-corrected chi connectivity index (χ0v) is 20.8. The second-order valence-electron chi connectivity index (χ2n) is 7.79. The molecule has 30 heavy (non-hydrogen) atoms. The Bertz CT molecular complexity index is 828. The Morgan fingerprint density at radius 3 is 2.30 bits per heavy atom. The Morgan fingerprint density at radius 1 is 1.17 bits per heavy atom. The molecule has 0 fully saturated rings. The maximum atomic E-state index is 12.1. The first-order valence-electron chi connectivity index (χ1n) is 9.47. The summed E-state index contributed by atoms with van der Waals surface area (Å²) >= 11 is 0. The predicted octanol–water partition coefficient (Wildman–Crippen LogP) is 2.67. The van der Waals surface area contributed by atoms with Gasteiger partial charge in [-0.1, -0.05) is 24.3 Å². The van der Waals surface area contributed by atoms with E-state index in [1.165, 1.54) is 0 Å². The molecule has 0 spiro atoms. The second-order valence-corrected chi connectivity index (χ2v) is 7.79. The van der Waals surface area contributed by atoms with Crippen LogP contribution >= 0.6 is 24.0 Å². The fourth-order valence-electron chi connectivity index (χ4n) is 2.48. The lowest BCUT2D eigenvalue weighted by Crippen LogP contribution is -2.36. The van der Waals surface area contributed by atoms with Crippen molar-refractivity contribution in [2.24, 2.45) is 12.0 Å². The smallest absolute Gasteiger partial charge is 0.410 e. The number of aromatic nitrogens is 3. The molecule has 1 aromatic carbocycles. The molecule has 0 aliphatic rings. The fourth-order valence-corrected chi connectivity index (χ4v) is 2.48. The molecule has 10 heteroatoms. The highest BCUT2D eigenvalue weighted by Gasteiger charge is 2.19. The van der Waals surface area contributed by atoms with Crippen LogP contribution < -0.4 is 10.6 Å². The number of aryl methyl sites for hydroxylation is 1. The monoisotopic (exact) mass is 529 g/mol. The zero-order valence-electron chi connectivity index (χ0n) is 18.5. The van der Waals surface area contributed by atoms with Gasteiger partial charge in [0.25, 0.3) is 0 Å². The molecule has 2 rings (SSSR count). The molecule has 0 aliphatic carbocycles. The molecule has 166 valence electrons. The molecule has 2 N–H and O–H groups in total. The van der Waals surface area contributed by atoms with Crippen molar-refractivity contribution in [2.45, 2.75) is 46.0 Å². The predicted molar refractivity (Wildman–Crippen MR) is 128 cm³/mol. The maximum absolute atomic E-state index is 12.1. The lowest BCUT2D eigenvalue weighted by atomic mass is 10.1. The Kier molecular flexibility index (Phi) is 10.0. The molecule has 0 atom stereocenters. The van der Waals surface area contributed by atoms with Gasteiger partial charge in [-0.25, -0.2) is 4.79 Å². The van der Waals surface area contributed by atoms with E-state index in [4.69, 9.17) is 4.74 Å². The molecule has 0 aliphatic heterocycles. The number of aliphatic imine (C=N–C) groups is 1. The molecule has 0 radical (unpaired) electrons. The number of halogens is 1. The summed E-state index contributed by atoms with van der Waals surface area (Å²) in [6.45, 7) is 7.22. The first kappa shape index (κ1) is 25.7. The van der Waals surface area contributed by atoms with Gasteiger partial charge in [0.15, 0.2) is 11.8 Å². The topological polar surface area (TPSA) is 96.7 Å². The molecule has 1 heterocycles. The summed E-state index contributed by atoms with van der Waals surface area (Å²) in [6.07, 6.45) is 1.33. The molecule has 0 saturated carbocycles. The van der Waals surface area contributed by atoms with Crippen LogP contribution in [-0.4, -0.2) is 51.4 Å². The average molecular weight is 529 g/mol. The van der Waals surface area contributed by atoms with Crippen molar-refractivity contribution >= 4 is 36.0 Å². The van der Waals surface area contributed by atoms with Crippen molar-refractivity contribution in [3.05, 3.63) is 47.5 Å². The molecule has 1 aromatic heterocycles. The van der Waals surface area contributed by atoms with E-state index < -0.39 is 5.60 Å². The average Bonchev–Trinajstić information content (AvgIpc) is 3.06. The highest BCUT2D eigenvalue weighted by molar-refractivity contribution is 14.0. The van der Waals surface area contributed by atoms with Crippen LogP contribution in [0.5, 0.6) is 0 Å². The quantitative estimate of drug-likeness (QED) is 0.340. The van der Waals surface area contributed by atoms with Gasteiger partial charge < -0.3 is 24.8 Å². The van der Waals surface area contributed by atoms with Gasteiger partial charge in [-0.2, -0.15) is 0 Å². The summed E-state index contributed by atoms with van der Waals surface area (Å²) in [7, 11) is 5.35. The number of carbonyl (C=O) groups is 1. The normalized spacial score (nSPS) is 11.5. The molecule has 0 unspecified atom stereocenters. The third-order valence-corrected chi connectivity index (χ3v) is 4.05. The minimum Gasteiger partial charge on any atom is -0.444 e. The Labute approximate surface area is 195 Å². The van der Waals surface area contributed by atoms with Crippen molar-refractivity contribution in [3.8, 4) is 0 Å². The number of ether oxygens (including phenoxy) is 1. The van der Waals surface area contributed by atoms with Crippen molar-refractivity contribution in [3.63, 3.8) is 0 Å². The largest absolute Gasteiger partial charge is 0.444 e. The van der Waals surface area contributed by atoms with Crippen molar-refractivity contribution in [1.29, 1.82) is 0 Å². The number of benzene rings is 1. The van der Waals surface area contributed by atoms with E-state index in [0.29, 0.717) is 25.6 Å². The third kappa shape index (κ3) is 8.56.